The Balaban J connectivity index is 1.83. The maximum absolute atomic E-state index is 5.88. The van der Waals surface area contributed by atoms with E-state index in [4.69, 9.17) is 11.6 Å². The highest BCUT2D eigenvalue weighted by Gasteiger charge is 2.35. The lowest BCUT2D eigenvalue weighted by Crippen LogP contribution is -2.05. The van der Waals surface area contributed by atoms with Gasteiger partial charge in [0.15, 0.2) is 5.65 Å². The third kappa shape index (κ3) is 1.73. The zero-order valence-electron chi connectivity index (χ0n) is 9.02. The van der Waals surface area contributed by atoms with Crippen LogP contribution < -0.4 is 5.32 Å². The van der Waals surface area contributed by atoms with Crippen molar-refractivity contribution >= 4 is 23.2 Å². The van der Waals surface area contributed by atoms with Gasteiger partial charge in [-0.2, -0.15) is 4.98 Å². The molecule has 0 aromatic carbocycles. The van der Waals surface area contributed by atoms with Crippen molar-refractivity contribution in [3.8, 4) is 0 Å². The first-order chi connectivity index (χ1) is 7.76. The van der Waals surface area contributed by atoms with Crippen molar-refractivity contribution in [2.24, 2.45) is 5.92 Å². The number of aromatic nitrogens is 3. The van der Waals surface area contributed by atoms with E-state index in [1.807, 2.05) is 12.1 Å². The number of rotatable bonds is 3. The molecule has 2 aromatic rings. The van der Waals surface area contributed by atoms with Gasteiger partial charge in [0.05, 0.1) is 5.02 Å². The van der Waals surface area contributed by atoms with Crippen LogP contribution in [0.5, 0.6) is 0 Å². The molecule has 2 aromatic heterocycles. The number of hydrogen-bond acceptors (Lipinski definition) is 3. The molecule has 0 amide bonds. The van der Waals surface area contributed by atoms with E-state index in [0.717, 1.165) is 11.6 Å². The summed E-state index contributed by atoms with van der Waals surface area (Å²) >= 11 is 5.88. The molecule has 2 unspecified atom stereocenters. The Kier molecular flexibility index (Phi) is 2.24. The van der Waals surface area contributed by atoms with Crippen LogP contribution >= 0.6 is 11.6 Å². The predicted molar refractivity (Wildman–Crippen MR) is 63.8 cm³/mol. The number of fused-ring (bicyclic) bond motifs is 1. The second-order valence-electron chi connectivity index (χ2n) is 4.24. The molecule has 0 spiro atoms. The summed E-state index contributed by atoms with van der Waals surface area (Å²) < 4.78 is 1.70. The summed E-state index contributed by atoms with van der Waals surface area (Å²) in [4.78, 5) is 4.38. The van der Waals surface area contributed by atoms with E-state index in [9.17, 15) is 0 Å². The van der Waals surface area contributed by atoms with E-state index in [1.54, 1.807) is 10.7 Å². The topological polar surface area (TPSA) is 42.2 Å². The molecule has 84 valence electrons. The molecule has 0 saturated heterocycles. The quantitative estimate of drug-likeness (QED) is 0.891. The molecular weight excluding hydrogens is 224 g/mol. The molecular formula is C11H13ClN4. The largest absolute Gasteiger partial charge is 0.350 e. The molecule has 5 heteroatoms. The van der Waals surface area contributed by atoms with E-state index in [2.05, 4.69) is 22.3 Å². The van der Waals surface area contributed by atoms with Gasteiger partial charge in [0.1, 0.15) is 0 Å². The van der Waals surface area contributed by atoms with E-state index >= 15 is 0 Å². The van der Waals surface area contributed by atoms with Crippen molar-refractivity contribution in [1.82, 2.24) is 14.6 Å². The van der Waals surface area contributed by atoms with Crippen LogP contribution in [0.15, 0.2) is 18.3 Å². The summed E-state index contributed by atoms with van der Waals surface area (Å²) in [5.74, 6) is 1.48. The molecule has 2 atom stereocenters. The van der Waals surface area contributed by atoms with Gasteiger partial charge >= 0.3 is 0 Å². The normalized spacial score (nSPS) is 23.6. The van der Waals surface area contributed by atoms with Crippen molar-refractivity contribution in [2.45, 2.75) is 25.8 Å². The Morgan fingerprint density at radius 3 is 3.19 bits per heavy atom. The Labute approximate surface area is 98.6 Å². The van der Waals surface area contributed by atoms with Crippen LogP contribution in [0.1, 0.15) is 19.8 Å². The summed E-state index contributed by atoms with van der Waals surface area (Å²) in [6, 6.07) is 4.24. The van der Waals surface area contributed by atoms with Gasteiger partial charge in [-0.25, -0.2) is 4.52 Å². The Morgan fingerprint density at radius 1 is 1.56 bits per heavy atom. The number of anilines is 1. The van der Waals surface area contributed by atoms with Crippen molar-refractivity contribution in [3.05, 3.63) is 23.4 Å². The highest BCUT2D eigenvalue weighted by atomic mass is 35.5. The Morgan fingerprint density at radius 2 is 2.44 bits per heavy atom. The minimum Gasteiger partial charge on any atom is -0.350 e. The fraction of sp³-hybridized carbons (Fsp3) is 0.455. The average molecular weight is 237 g/mol. The van der Waals surface area contributed by atoms with Crippen molar-refractivity contribution in [2.75, 3.05) is 5.32 Å². The van der Waals surface area contributed by atoms with Gasteiger partial charge in [-0.05, 0) is 24.5 Å². The molecule has 0 radical (unpaired) electrons. The second-order valence-corrected chi connectivity index (χ2v) is 4.68. The molecule has 2 heterocycles. The summed E-state index contributed by atoms with van der Waals surface area (Å²) in [6.07, 6.45) is 4.21. The standard InChI is InChI=1S/C11H13ClN4/c1-2-7-5-9(7)13-11-14-10-4-3-8(12)6-16(10)15-11/h3-4,6-7,9H,2,5H2,1H3,(H,13,15). The Bertz CT molecular complexity index is 522. The first-order valence-electron chi connectivity index (χ1n) is 5.54. The van der Waals surface area contributed by atoms with Crippen LogP contribution in [0.3, 0.4) is 0 Å². The highest BCUT2D eigenvalue weighted by Crippen LogP contribution is 2.35. The third-order valence-electron chi connectivity index (χ3n) is 3.06. The van der Waals surface area contributed by atoms with Gasteiger partial charge in [0.25, 0.3) is 0 Å². The third-order valence-corrected chi connectivity index (χ3v) is 3.28. The highest BCUT2D eigenvalue weighted by molar-refractivity contribution is 6.30. The van der Waals surface area contributed by atoms with Crippen LogP contribution in [-0.2, 0) is 0 Å². The van der Waals surface area contributed by atoms with Crippen molar-refractivity contribution in [3.63, 3.8) is 0 Å². The predicted octanol–water partition coefficient (Wildman–Crippen LogP) is 2.59. The minimum atomic E-state index is 0.554. The lowest BCUT2D eigenvalue weighted by atomic mass is 10.3. The average Bonchev–Trinajstić information content (AvgIpc) is 2.88. The van der Waals surface area contributed by atoms with Gasteiger partial charge in [0, 0.05) is 12.2 Å². The van der Waals surface area contributed by atoms with Crippen LogP contribution in [-0.4, -0.2) is 20.6 Å². The molecule has 1 N–H and O–H groups in total. The first-order valence-corrected chi connectivity index (χ1v) is 5.92. The molecule has 16 heavy (non-hydrogen) atoms. The van der Waals surface area contributed by atoms with E-state index in [1.165, 1.54) is 12.8 Å². The van der Waals surface area contributed by atoms with Gasteiger partial charge in [0.2, 0.25) is 5.95 Å². The fourth-order valence-corrected chi connectivity index (χ4v) is 2.12. The van der Waals surface area contributed by atoms with Gasteiger partial charge in [-0.1, -0.05) is 24.9 Å². The molecule has 3 rings (SSSR count). The maximum atomic E-state index is 5.88. The van der Waals surface area contributed by atoms with Crippen LogP contribution in [0.25, 0.3) is 5.65 Å². The van der Waals surface area contributed by atoms with Gasteiger partial charge in [-0.15, -0.1) is 5.10 Å². The number of pyridine rings is 1. The lowest BCUT2D eigenvalue weighted by Gasteiger charge is -1.97. The fourth-order valence-electron chi connectivity index (χ4n) is 1.96. The lowest BCUT2D eigenvalue weighted by molar-refractivity contribution is 0.771. The van der Waals surface area contributed by atoms with E-state index in [-0.39, 0.29) is 0 Å². The van der Waals surface area contributed by atoms with Crippen molar-refractivity contribution < 1.29 is 0 Å². The molecule has 0 aliphatic heterocycles. The maximum Gasteiger partial charge on any atom is 0.243 e. The molecule has 1 fully saturated rings. The van der Waals surface area contributed by atoms with Crippen LogP contribution in [0.2, 0.25) is 5.02 Å². The van der Waals surface area contributed by atoms with Gasteiger partial charge in [-0.3, -0.25) is 0 Å². The molecule has 1 aliphatic carbocycles. The molecule has 1 saturated carbocycles. The summed E-state index contributed by atoms with van der Waals surface area (Å²) in [5, 5.41) is 8.34. The number of nitrogens with zero attached hydrogens (tertiary/aromatic N) is 3. The summed E-state index contributed by atoms with van der Waals surface area (Å²) in [6.45, 7) is 2.21. The van der Waals surface area contributed by atoms with E-state index in [0.29, 0.717) is 17.0 Å². The summed E-state index contributed by atoms with van der Waals surface area (Å²) in [7, 11) is 0. The molecule has 0 bridgehead atoms. The number of nitrogens with one attached hydrogen (secondary N) is 1. The SMILES string of the molecule is CCC1CC1Nc1nc2ccc(Cl)cn2n1. The Hall–Kier alpha value is -1.29. The number of hydrogen-bond donors (Lipinski definition) is 1. The first kappa shape index (κ1) is 9.90. The monoisotopic (exact) mass is 236 g/mol. The zero-order valence-corrected chi connectivity index (χ0v) is 9.78. The van der Waals surface area contributed by atoms with Crippen molar-refractivity contribution in [1.29, 1.82) is 0 Å². The zero-order chi connectivity index (χ0) is 11.1. The summed E-state index contributed by atoms with van der Waals surface area (Å²) in [5.41, 5.74) is 0.820. The minimum absolute atomic E-state index is 0.554. The second kappa shape index (κ2) is 3.63. The van der Waals surface area contributed by atoms with E-state index < -0.39 is 0 Å². The van der Waals surface area contributed by atoms with Gasteiger partial charge < -0.3 is 5.32 Å². The number of halogens is 1. The molecule has 1 aliphatic rings. The van der Waals surface area contributed by atoms with Crippen LogP contribution in [0, 0.1) is 5.92 Å². The smallest absolute Gasteiger partial charge is 0.243 e. The molecule has 4 nitrogen and oxygen atoms in total. The van der Waals surface area contributed by atoms with Crippen LogP contribution in [0.4, 0.5) is 5.95 Å².